The molecule has 1 saturated heterocycles. The van der Waals surface area contributed by atoms with E-state index in [0.29, 0.717) is 5.54 Å². The minimum Gasteiger partial charge on any atom is -0.316 e. The highest BCUT2D eigenvalue weighted by molar-refractivity contribution is 4.86. The summed E-state index contributed by atoms with van der Waals surface area (Å²) >= 11 is 0. The molecule has 2 heteroatoms. The lowest BCUT2D eigenvalue weighted by Gasteiger charge is -2.36. The first kappa shape index (κ1) is 10.4. The maximum atomic E-state index is 3.77. The molecule has 2 rings (SSSR count). The van der Waals surface area contributed by atoms with Crippen LogP contribution in [0, 0.1) is 5.92 Å². The zero-order chi connectivity index (χ0) is 9.86. The summed E-state index contributed by atoms with van der Waals surface area (Å²) in [5.41, 5.74) is 0.468. The molecule has 0 aromatic rings. The second kappa shape index (κ2) is 4.63. The van der Waals surface area contributed by atoms with Crippen molar-refractivity contribution in [3.05, 3.63) is 0 Å². The van der Waals surface area contributed by atoms with Gasteiger partial charge in [0.05, 0.1) is 0 Å². The van der Waals surface area contributed by atoms with Crippen molar-refractivity contribution in [2.75, 3.05) is 19.6 Å². The molecular formula is C12H24N2. The lowest BCUT2D eigenvalue weighted by atomic mass is 9.83. The Morgan fingerprint density at radius 3 is 2.50 bits per heavy atom. The first-order chi connectivity index (χ1) is 6.79. The number of hydrogen-bond acceptors (Lipinski definition) is 2. The number of nitrogens with one attached hydrogen (secondary N) is 2. The Hall–Kier alpha value is -0.0800. The van der Waals surface area contributed by atoms with E-state index in [2.05, 4.69) is 17.6 Å². The average Bonchev–Trinajstić information content (AvgIpc) is 2.11. The molecule has 2 fully saturated rings. The summed E-state index contributed by atoms with van der Waals surface area (Å²) in [6, 6.07) is 0. The third-order valence-corrected chi connectivity index (χ3v) is 3.93. The van der Waals surface area contributed by atoms with E-state index in [0.717, 1.165) is 5.92 Å². The monoisotopic (exact) mass is 196 g/mol. The highest BCUT2D eigenvalue weighted by Gasteiger charge is 2.26. The summed E-state index contributed by atoms with van der Waals surface area (Å²) in [6.45, 7) is 6.13. The maximum Gasteiger partial charge on any atom is 0.0153 e. The van der Waals surface area contributed by atoms with Gasteiger partial charge >= 0.3 is 0 Å². The lowest BCUT2D eigenvalue weighted by molar-refractivity contribution is 0.237. The Morgan fingerprint density at radius 2 is 1.93 bits per heavy atom. The molecule has 0 amide bonds. The molecular weight excluding hydrogens is 172 g/mol. The molecule has 2 N–H and O–H groups in total. The molecule has 14 heavy (non-hydrogen) atoms. The molecule has 0 radical (unpaired) electrons. The standard InChI is InChI=1S/C12H24N2/c1-12(6-3-2-4-7-12)14-8-5-11-9-13-10-11/h11,13-14H,2-10H2,1H3. The van der Waals surface area contributed by atoms with Gasteiger partial charge in [-0.1, -0.05) is 19.3 Å². The Morgan fingerprint density at radius 1 is 1.21 bits per heavy atom. The summed E-state index contributed by atoms with van der Waals surface area (Å²) in [7, 11) is 0. The van der Waals surface area contributed by atoms with Crippen LogP contribution in [0.2, 0.25) is 0 Å². The lowest BCUT2D eigenvalue weighted by Crippen LogP contribution is -2.47. The summed E-state index contributed by atoms with van der Waals surface area (Å²) in [5.74, 6) is 0.953. The zero-order valence-corrected chi connectivity index (χ0v) is 9.44. The molecule has 0 atom stereocenters. The molecule has 0 unspecified atom stereocenters. The van der Waals surface area contributed by atoms with Gasteiger partial charge in [0.15, 0.2) is 0 Å². The predicted molar refractivity (Wildman–Crippen MR) is 60.5 cm³/mol. The molecule has 0 bridgehead atoms. The van der Waals surface area contributed by atoms with Gasteiger partial charge in [0.25, 0.3) is 0 Å². The molecule has 1 heterocycles. The second-order valence-corrected chi connectivity index (χ2v) is 5.36. The van der Waals surface area contributed by atoms with Crippen molar-refractivity contribution < 1.29 is 0 Å². The van der Waals surface area contributed by atoms with Gasteiger partial charge < -0.3 is 10.6 Å². The first-order valence-corrected chi connectivity index (χ1v) is 6.24. The zero-order valence-electron chi connectivity index (χ0n) is 9.44. The molecule has 1 aliphatic carbocycles. The van der Waals surface area contributed by atoms with E-state index < -0.39 is 0 Å². The van der Waals surface area contributed by atoms with Gasteiger partial charge in [-0.3, -0.25) is 0 Å². The highest BCUT2D eigenvalue weighted by atomic mass is 15.0. The van der Waals surface area contributed by atoms with Crippen molar-refractivity contribution in [2.45, 2.75) is 51.0 Å². The van der Waals surface area contributed by atoms with Crippen LogP contribution in [0.25, 0.3) is 0 Å². The molecule has 0 aromatic heterocycles. The topological polar surface area (TPSA) is 24.1 Å². The van der Waals surface area contributed by atoms with Gasteiger partial charge in [-0.25, -0.2) is 0 Å². The van der Waals surface area contributed by atoms with Crippen molar-refractivity contribution in [1.29, 1.82) is 0 Å². The van der Waals surface area contributed by atoms with Crippen LogP contribution in [-0.2, 0) is 0 Å². The molecule has 1 saturated carbocycles. The second-order valence-electron chi connectivity index (χ2n) is 5.36. The van der Waals surface area contributed by atoms with Crippen molar-refractivity contribution in [3.8, 4) is 0 Å². The number of rotatable bonds is 4. The molecule has 2 aliphatic rings. The van der Waals surface area contributed by atoms with Crippen LogP contribution in [0.1, 0.15) is 45.4 Å². The Kier molecular flexibility index (Phi) is 3.45. The van der Waals surface area contributed by atoms with Crippen molar-refractivity contribution in [3.63, 3.8) is 0 Å². The predicted octanol–water partition coefficient (Wildman–Crippen LogP) is 1.91. The third kappa shape index (κ3) is 2.71. The van der Waals surface area contributed by atoms with Crippen molar-refractivity contribution in [1.82, 2.24) is 10.6 Å². The normalized spacial score (nSPS) is 27.2. The Bertz CT molecular complexity index is 169. The van der Waals surface area contributed by atoms with Crippen LogP contribution in [0.3, 0.4) is 0 Å². The summed E-state index contributed by atoms with van der Waals surface area (Å²) in [4.78, 5) is 0. The largest absolute Gasteiger partial charge is 0.316 e. The van der Waals surface area contributed by atoms with Gasteiger partial charge in [-0.05, 0) is 51.7 Å². The van der Waals surface area contributed by atoms with Crippen molar-refractivity contribution in [2.24, 2.45) is 5.92 Å². The Balaban J connectivity index is 1.62. The molecule has 82 valence electrons. The van der Waals surface area contributed by atoms with Crippen molar-refractivity contribution >= 4 is 0 Å². The van der Waals surface area contributed by atoms with Crippen LogP contribution in [-0.4, -0.2) is 25.2 Å². The quantitative estimate of drug-likeness (QED) is 0.717. The average molecular weight is 196 g/mol. The highest BCUT2D eigenvalue weighted by Crippen LogP contribution is 2.27. The molecule has 0 aromatic carbocycles. The molecule has 2 nitrogen and oxygen atoms in total. The van der Waals surface area contributed by atoms with Gasteiger partial charge in [0.1, 0.15) is 0 Å². The molecule has 1 aliphatic heterocycles. The van der Waals surface area contributed by atoms with E-state index in [1.54, 1.807) is 0 Å². The van der Waals surface area contributed by atoms with Crippen LogP contribution in [0.4, 0.5) is 0 Å². The van der Waals surface area contributed by atoms with Crippen LogP contribution >= 0.6 is 0 Å². The smallest absolute Gasteiger partial charge is 0.0153 e. The van der Waals surface area contributed by atoms with Gasteiger partial charge in [-0.15, -0.1) is 0 Å². The van der Waals surface area contributed by atoms with E-state index in [1.165, 1.54) is 58.2 Å². The van der Waals surface area contributed by atoms with Crippen LogP contribution in [0.15, 0.2) is 0 Å². The summed E-state index contributed by atoms with van der Waals surface area (Å²) in [6.07, 6.45) is 8.43. The van der Waals surface area contributed by atoms with E-state index in [1.807, 2.05) is 0 Å². The van der Waals surface area contributed by atoms with E-state index in [-0.39, 0.29) is 0 Å². The van der Waals surface area contributed by atoms with Crippen LogP contribution < -0.4 is 10.6 Å². The fourth-order valence-electron chi connectivity index (χ4n) is 2.64. The van der Waals surface area contributed by atoms with Crippen LogP contribution in [0.5, 0.6) is 0 Å². The van der Waals surface area contributed by atoms with Gasteiger partial charge in [0, 0.05) is 5.54 Å². The first-order valence-electron chi connectivity index (χ1n) is 6.24. The van der Waals surface area contributed by atoms with E-state index in [4.69, 9.17) is 0 Å². The fraction of sp³-hybridized carbons (Fsp3) is 1.00. The third-order valence-electron chi connectivity index (χ3n) is 3.93. The minimum atomic E-state index is 0.468. The maximum absolute atomic E-state index is 3.77. The van der Waals surface area contributed by atoms with E-state index in [9.17, 15) is 0 Å². The SMILES string of the molecule is CC1(NCCC2CNC2)CCCCC1. The minimum absolute atomic E-state index is 0.468. The fourth-order valence-corrected chi connectivity index (χ4v) is 2.64. The van der Waals surface area contributed by atoms with Gasteiger partial charge in [-0.2, -0.15) is 0 Å². The van der Waals surface area contributed by atoms with Gasteiger partial charge in [0.2, 0.25) is 0 Å². The summed E-state index contributed by atoms with van der Waals surface area (Å²) in [5, 5.41) is 7.10. The number of hydrogen-bond donors (Lipinski definition) is 2. The summed E-state index contributed by atoms with van der Waals surface area (Å²) < 4.78 is 0. The van der Waals surface area contributed by atoms with E-state index >= 15 is 0 Å². The molecule has 0 spiro atoms. The Labute approximate surface area is 87.8 Å².